The number of hydrogen-bond donors (Lipinski definition) is 1. The number of rotatable bonds is 5. The van der Waals surface area contributed by atoms with Gasteiger partial charge in [-0.1, -0.05) is 42.5 Å². The summed E-state index contributed by atoms with van der Waals surface area (Å²) < 4.78 is 10.5. The van der Waals surface area contributed by atoms with Crippen LogP contribution in [0.5, 0.6) is 11.5 Å². The van der Waals surface area contributed by atoms with Crippen LogP contribution in [-0.2, 0) is 0 Å². The fourth-order valence-corrected chi connectivity index (χ4v) is 2.97. The minimum absolute atomic E-state index is 0.134. The maximum atomic E-state index is 12.7. The highest BCUT2D eigenvalue weighted by molar-refractivity contribution is 5.97. The molecule has 128 valence electrons. The quantitative estimate of drug-likeness (QED) is 0.754. The van der Waals surface area contributed by atoms with Crippen molar-refractivity contribution in [2.75, 3.05) is 14.2 Å². The van der Waals surface area contributed by atoms with Gasteiger partial charge in [0.25, 0.3) is 5.91 Å². The molecule has 0 saturated heterocycles. The monoisotopic (exact) mass is 335 g/mol. The van der Waals surface area contributed by atoms with Crippen molar-refractivity contribution in [3.63, 3.8) is 0 Å². The molecular weight excluding hydrogens is 314 g/mol. The normalized spacial score (nSPS) is 11.8. The van der Waals surface area contributed by atoms with Crippen LogP contribution in [0, 0.1) is 0 Å². The summed E-state index contributed by atoms with van der Waals surface area (Å²) in [6.07, 6.45) is 0. The molecule has 25 heavy (non-hydrogen) atoms. The van der Waals surface area contributed by atoms with Crippen molar-refractivity contribution in [1.29, 1.82) is 0 Å². The Balaban J connectivity index is 1.87. The summed E-state index contributed by atoms with van der Waals surface area (Å²) >= 11 is 0. The summed E-state index contributed by atoms with van der Waals surface area (Å²) in [7, 11) is 3.12. The van der Waals surface area contributed by atoms with E-state index in [9.17, 15) is 4.79 Å². The van der Waals surface area contributed by atoms with Crippen LogP contribution >= 0.6 is 0 Å². The zero-order chi connectivity index (χ0) is 17.8. The number of benzene rings is 3. The Bertz CT molecular complexity index is 899. The molecule has 0 bridgehead atoms. The maximum Gasteiger partial charge on any atom is 0.255 e. The molecule has 3 aromatic carbocycles. The van der Waals surface area contributed by atoms with Crippen LogP contribution in [0.15, 0.2) is 60.7 Å². The number of hydrogen-bond acceptors (Lipinski definition) is 3. The number of amides is 1. The van der Waals surface area contributed by atoms with E-state index in [2.05, 4.69) is 23.5 Å². The van der Waals surface area contributed by atoms with Crippen LogP contribution in [0.4, 0.5) is 0 Å². The first-order valence-electron chi connectivity index (χ1n) is 8.14. The summed E-state index contributed by atoms with van der Waals surface area (Å²) in [6.45, 7) is 1.98. The van der Waals surface area contributed by atoms with E-state index in [4.69, 9.17) is 9.47 Å². The van der Waals surface area contributed by atoms with E-state index in [-0.39, 0.29) is 11.9 Å². The Kier molecular flexibility index (Phi) is 4.89. The lowest BCUT2D eigenvalue weighted by atomic mass is 9.99. The van der Waals surface area contributed by atoms with Crippen molar-refractivity contribution in [2.24, 2.45) is 0 Å². The Morgan fingerprint density at radius 3 is 2.48 bits per heavy atom. The highest BCUT2D eigenvalue weighted by atomic mass is 16.5. The minimum Gasteiger partial charge on any atom is -0.497 e. The highest BCUT2D eigenvalue weighted by Crippen LogP contribution is 2.27. The molecule has 0 aliphatic rings. The Morgan fingerprint density at radius 1 is 0.960 bits per heavy atom. The molecule has 0 fully saturated rings. The molecule has 0 aliphatic heterocycles. The van der Waals surface area contributed by atoms with Crippen molar-refractivity contribution < 1.29 is 14.3 Å². The van der Waals surface area contributed by atoms with Gasteiger partial charge in [0, 0.05) is 6.07 Å². The van der Waals surface area contributed by atoms with E-state index in [1.165, 1.54) is 0 Å². The third kappa shape index (κ3) is 3.43. The standard InChI is InChI=1S/C21H21NO3/c1-14(17-10-6-8-15-7-4-5-9-18(15)17)22-21(23)19-12-11-16(24-2)13-20(19)25-3/h4-14H,1-3H3,(H,22,23)/t14-/m1/s1. The van der Waals surface area contributed by atoms with Gasteiger partial charge in [0.2, 0.25) is 0 Å². The van der Waals surface area contributed by atoms with Gasteiger partial charge in [-0.2, -0.15) is 0 Å². The lowest BCUT2D eigenvalue weighted by Gasteiger charge is -2.18. The van der Waals surface area contributed by atoms with Crippen LogP contribution in [0.3, 0.4) is 0 Å². The van der Waals surface area contributed by atoms with Crippen LogP contribution < -0.4 is 14.8 Å². The fraction of sp³-hybridized carbons (Fsp3) is 0.190. The number of carbonyl (C=O) groups is 1. The van der Waals surface area contributed by atoms with Crippen molar-refractivity contribution in [1.82, 2.24) is 5.32 Å². The molecule has 0 saturated carbocycles. The topological polar surface area (TPSA) is 47.6 Å². The zero-order valence-electron chi connectivity index (χ0n) is 14.6. The molecule has 0 aromatic heterocycles. The predicted molar refractivity (Wildman–Crippen MR) is 99.4 cm³/mol. The Hall–Kier alpha value is -3.01. The molecule has 0 aliphatic carbocycles. The first-order valence-corrected chi connectivity index (χ1v) is 8.14. The van der Waals surface area contributed by atoms with Gasteiger partial charge in [0.05, 0.1) is 25.8 Å². The molecule has 3 rings (SSSR count). The van der Waals surface area contributed by atoms with Crippen molar-refractivity contribution >= 4 is 16.7 Å². The SMILES string of the molecule is COc1ccc(C(=O)N[C@H](C)c2cccc3ccccc23)c(OC)c1. The van der Waals surface area contributed by atoms with E-state index >= 15 is 0 Å². The number of ether oxygens (including phenoxy) is 2. The first kappa shape index (κ1) is 16.8. The molecule has 4 nitrogen and oxygen atoms in total. The summed E-state index contributed by atoms with van der Waals surface area (Å²) in [5, 5.41) is 5.35. The highest BCUT2D eigenvalue weighted by Gasteiger charge is 2.17. The van der Waals surface area contributed by atoms with Crippen LogP contribution in [0.25, 0.3) is 10.8 Å². The molecule has 0 heterocycles. The minimum atomic E-state index is -0.181. The van der Waals surface area contributed by atoms with Gasteiger partial charge in [-0.3, -0.25) is 4.79 Å². The van der Waals surface area contributed by atoms with Gasteiger partial charge in [0.1, 0.15) is 11.5 Å². The summed E-state index contributed by atoms with van der Waals surface area (Å²) in [6, 6.07) is 19.3. The fourth-order valence-electron chi connectivity index (χ4n) is 2.97. The van der Waals surface area contributed by atoms with Crippen LogP contribution in [-0.4, -0.2) is 20.1 Å². The summed E-state index contributed by atoms with van der Waals surface area (Å²) in [4.78, 5) is 12.7. The number of carbonyl (C=O) groups excluding carboxylic acids is 1. The molecule has 0 radical (unpaired) electrons. The number of nitrogens with one attached hydrogen (secondary N) is 1. The maximum absolute atomic E-state index is 12.7. The second kappa shape index (κ2) is 7.26. The number of fused-ring (bicyclic) bond motifs is 1. The summed E-state index contributed by atoms with van der Waals surface area (Å²) in [5.41, 5.74) is 1.56. The largest absolute Gasteiger partial charge is 0.497 e. The van der Waals surface area contributed by atoms with E-state index in [1.807, 2.05) is 31.2 Å². The first-order chi connectivity index (χ1) is 12.1. The molecule has 1 atom stereocenters. The molecule has 3 aromatic rings. The van der Waals surface area contributed by atoms with Gasteiger partial charge < -0.3 is 14.8 Å². The average Bonchev–Trinajstić information content (AvgIpc) is 2.66. The second-order valence-electron chi connectivity index (χ2n) is 5.83. The number of methoxy groups -OCH3 is 2. The van der Waals surface area contributed by atoms with Gasteiger partial charge in [0.15, 0.2) is 0 Å². The van der Waals surface area contributed by atoms with Gasteiger partial charge in [-0.25, -0.2) is 0 Å². The lowest BCUT2D eigenvalue weighted by Crippen LogP contribution is -2.27. The van der Waals surface area contributed by atoms with Gasteiger partial charge in [-0.15, -0.1) is 0 Å². The van der Waals surface area contributed by atoms with Crippen LogP contribution in [0.1, 0.15) is 28.9 Å². The van der Waals surface area contributed by atoms with E-state index in [1.54, 1.807) is 32.4 Å². The third-order valence-corrected chi connectivity index (χ3v) is 4.29. The Labute approximate surface area is 147 Å². The molecular formula is C21H21NO3. The molecule has 0 spiro atoms. The predicted octanol–water partition coefficient (Wildman–Crippen LogP) is 4.35. The van der Waals surface area contributed by atoms with Crippen molar-refractivity contribution in [3.05, 3.63) is 71.8 Å². The second-order valence-corrected chi connectivity index (χ2v) is 5.83. The van der Waals surface area contributed by atoms with E-state index in [0.717, 1.165) is 16.3 Å². The smallest absolute Gasteiger partial charge is 0.255 e. The van der Waals surface area contributed by atoms with Crippen molar-refractivity contribution in [2.45, 2.75) is 13.0 Å². The van der Waals surface area contributed by atoms with Crippen LogP contribution in [0.2, 0.25) is 0 Å². The zero-order valence-corrected chi connectivity index (χ0v) is 14.6. The molecule has 4 heteroatoms. The lowest BCUT2D eigenvalue weighted by molar-refractivity contribution is 0.0937. The van der Waals surface area contributed by atoms with E-state index in [0.29, 0.717) is 17.1 Å². The molecule has 1 amide bonds. The third-order valence-electron chi connectivity index (χ3n) is 4.29. The van der Waals surface area contributed by atoms with Crippen molar-refractivity contribution in [3.8, 4) is 11.5 Å². The van der Waals surface area contributed by atoms with E-state index < -0.39 is 0 Å². The average molecular weight is 335 g/mol. The Morgan fingerprint density at radius 2 is 1.72 bits per heavy atom. The molecule has 0 unspecified atom stereocenters. The van der Waals surface area contributed by atoms with Gasteiger partial charge >= 0.3 is 0 Å². The summed E-state index contributed by atoms with van der Waals surface area (Å²) in [5.74, 6) is 0.956. The van der Waals surface area contributed by atoms with Gasteiger partial charge in [-0.05, 0) is 35.4 Å². The molecule has 1 N–H and O–H groups in total.